The molecule has 0 aliphatic heterocycles. The van der Waals surface area contributed by atoms with Gasteiger partial charge in [-0.1, -0.05) is 18.2 Å². The highest BCUT2D eigenvalue weighted by Gasteiger charge is 2.16. The summed E-state index contributed by atoms with van der Waals surface area (Å²) < 4.78 is 37.0. The first-order valence-electron chi connectivity index (χ1n) is 7.41. The molecule has 0 spiro atoms. The first kappa shape index (κ1) is 18.0. The highest BCUT2D eigenvalue weighted by molar-refractivity contribution is 7.89. The molecule has 6 nitrogen and oxygen atoms in total. The van der Waals surface area contributed by atoms with Gasteiger partial charge in [-0.25, -0.2) is 8.42 Å². The molecule has 1 N–H and O–H groups in total. The van der Waals surface area contributed by atoms with E-state index in [1.54, 1.807) is 37.3 Å². The first-order chi connectivity index (χ1) is 11.4. The van der Waals surface area contributed by atoms with Crippen LogP contribution in [0.3, 0.4) is 0 Å². The van der Waals surface area contributed by atoms with Crippen LogP contribution in [0.2, 0.25) is 0 Å². The second-order valence-electron chi connectivity index (χ2n) is 4.97. The van der Waals surface area contributed by atoms with Gasteiger partial charge in [-0.2, -0.15) is 4.72 Å². The van der Waals surface area contributed by atoms with Gasteiger partial charge in [0, 0.05) is 0 Å². The third kappa shape index (κ3) is 4.81. The molecule has 7 heteroatoms. The molecule has 2 rings (SSSR count). The van der Waals surface area contributed by atoms with Gasteiger partial charge in [-0.05, 0) is 49.7 Å². The van der Waals surface area contributed by atoms with Crippen LogP contribution in [0.4, 0.5) is 0 Å². The third-order valence-corrected chi connectivity index (χ3v) is 4.59. The zero-order valence-corrected chi connectivity index (χ0v) is 14.3. The van der Waals surface area contributed by atoms with Crippen molar-refractivity contribution in [3.05, 3.63) is 54.1 Å². The third-order valence-electron chi connectivity index (χ3n) is 3.17. The number of aryl methyl sites for hydroxylation is 1. The maximum absolute atomic E-state index is 12.2. The van der Waals surface area contributed by atoms with E-state index < -0.39 is 22.5 Å². The fourth-order valence-electron chi connectivity index (χ4n) is 1.95. The van der Waals surface area contributed by atoms with Crippen LogP contribution in [0, 0.1) is 6.92 Å². The van der Waals surface area contributed by atoms with Crippen molar-refractivity contribution in [2.75, 3.05) is 13.2 Å². The lowest BCUT2D eigenvalue weighted by Crippen LogP contribution is -2.32. The molecule has 0 aliphatic carbocycles. The van der Waals surface area contributed by atoms with Crippen LogP contribution in [-0.2, 0) is 14.8 Å². The molecular weight excluding hydrogens is 330 g/mol. The first-order valence-corrected chi connectivity index (χ1v) is 8.89. The summed E-state index contributed by atoms with van der Waals surface area (Å²) in [5, 5.41) is 0. The average Bonchev–Trinajstić information content (AvgIpc) is 2.56. The Kier molecular flexibility index (Phi) is 5.94. The van der Waals surface area contributed by atoms with Crippen molar-refractivity contribution in [2.45, 2.75) is 18.7 Å². The molecule has 24 heavy (non-hydrogen) atoms. The topological polar surface area (TPSA) is 81.7 Å². The van der Waals surface area contributed by atoms with Gasteiger partial charge in [0.05, 0.1) is 11.5 Å². The van der Waals surface area contributed by atoms with E-state index in [2.05, 4.69) is 4.72 Å². The molecule has 0 saturated heterocycles. The summed E-state index contributed by atoms with van der Waals surface area (Å²) in [6, 6.07) is 13.0. The van der Waals surface area contributed by atoms with Gasteiger partial charge < -0.3 is 9.47 Å². The lowest BCUT2D eigenvalue weighted by atomic mass is 10.2. The van der Waals surface area contributed by atoms with E-state index in [1.165, 1.54) is 12.1 Å². The van der Waals surface area contributed by atoms with Crippen molar-refractivity contribution < 1.29 is 22.7 Å². The Hall–Kier alpha value is -2.38. The van der Waals surface area contributed by atoms with E-state index >= 15 is 0 Å². The van der Waals surface area contributed by atoms with Crippen molar-refractivity contribution in [2.24, 2.45) is 0 Å². The number of hydrogen-bond donors (Lipinski definition) is 1. The van der Waals surface area contributed by atoms with Crippen LogP contribution >= 0.6 is 0 Å². The molecule has 0 amide bonds. The van der Waals surface area contributed by atoms with E-state index in [9.17, 15) is 13.2 Å². The highest BCUT2D eigenvalue weighted by atomic mass is 32.2. The van der Waals surface area contributed by atoms with Crippen molar-refractivity contribution in [1.82, 2.24) is 4.72 Å². The molecule has 0 radical (unpaired) electrons. The molecule has 0 unspecified atom stereocenters. The van der Waals surface area contributed by atoms with Gasteiger partial charge in [0.15, 0.2) is 0 Å². The minimum Gasteiger partial charge on any atom is -0.494 e. The molecule has 0 fully saturated rings. The number of carbonyl (C=O) groups is 1. The lowest BCUT2D eigenvalue weighted by molar-refractivity contribution is -0.133. The van der Waals surface area contributed by atoms with Crippen molar-refractivity contribution in [3.63, 3.8) is 0 Å². The molecule has 0 atom stereocenters. The Morgan fingerprint density at radius 3 is 2.38 bits per heavy atom. The largest absolute Gasteiger partial charge is 0.494 e. The van der Waals surface area contributed by atoms with Crippen molar-refractivity contribution >= 4 is 16.0 Å². The molecule has 2 aromatic carbocycles. The minimum atomic E-state index is -3.80. The number of hydrogen-bond acceptors (Lipinski definition) is 5. The van der Waals surface area contributed by atoms with Crippen LogP contribution in [0.15, 0.2) is 53.4 Å². The number of sulfonamides is 1. The molecule has 0 bridgehead atoms. The summed E-state index contributed by atoms with van der Waals surface area (Å²) in [6.45, 7) is 3.68. The molecule has 0 heterocycles. The normalized spacial score (nSPS) is 11.1. The molecular formula is C17H19NO5S. The Bertz CT molecular complexity index is 800. The molecule has 128 valence electrons. The standard InChI is InChI=1S/C17H19NO5S/c1-3-22-14-8-10-15(11-9-14)24(20,21)18-12-17(19)23-16-7-5-4-6-13(16)2/h4-11,18H,3,12H2,1-2H3. The van der Waals surface area contributed by atoms with Crippen LogP contribution in [-0.4, -0.2) is 27.5 Å². The highest BCUT2D eigenvalue weighted by Crippen LogP contribution is 2.17. The quantitative estimate of drug-likeness (QED) is 0.613. The van der Waals surface area contributed by atoms with Gasteiger partial charge in [-0.3, -0.25) is 4.79 Å². The Morgan fingerprint density at radius 2 is 1.75 bits per heavy atom. The van der Waals surface area contributed by atoms with Gasteiger partial charge in [0.1, 0.15) is 18.0 Å². The predicted octanol–water partition coefficient (Wildman–Crippen LogP) is 2.28. The van der Waals surface area contributed by atoms with Crippen LogP contribution in [0.5, 0.6) is 11.5 Å². The summed E-state index contributed by atoms with van der Waals surface area (Å²) >= 11 is 0. The Morgan fingerprint density at radius 1 is 1.08 bits per heavy atom. The number of nitrogens with one attached hydrogen (secondary N) is 1. The summed E-state index contributed by atoms with van der Waals surface area (Å²) in [6.07, 6.45) is 0. The van der Waals surface area contributed by atoms with E-state index in [-0.39, 0.29) is 4.90 Å². The monoisotopic (exact) mass is 349 g/mol. The predicted molar refractivity (Wildman–Crippen MR) is 89.6 cm³/mol. The SMILES string of the molecule is CCOc1ccc(S(=O)(=O)NCC(=O)Oc2ccccc2C)cc1. The second kappa shape index (κ2) is 7.94. The zero-order chi connectivity index (χ0) is 17.6. The van der Waals surface area contributed by atoms with Crippen LogP contribution in [0.25, 0.3) is 0 Å². The maximum atomic E-state index is 12.2. The second-order valence-corrected chi connectivity index (χ2v) is 6.74. The number of ether oxygens (including phenoxy) is 2. The average molecular weight is 349 g/mol. The van der Waals surface area contributed by atoms with E-state index in [0.717, 1.165) is 5.56 Å². The summed E-state index contributed by atoms with van der Waals surface area (Å²) in [4.78, 5) is 11.9. The lowest BCUT2D eigenvalue weighted by Gasteiger charge is -2.09. The molecule has 0 aliphatic rings. The summed E-state index contributed by atoms with van der Waals surface area (Å²) in [5.41, 5.74) is 0.792. The number of esters is 1. The van der Waals surface area contributed by atoms with E-state index in [1.807, 2.05) is 13.0 Å². The van der Waals surface area contributed by atoms with E-state index in [0.29, 0.717) is 18.1 Å². The van der Waals surface area contributed by atoms with Crippen LogP contribution < -0.4 is 14.2 Å². The van der Waals surface area contributed by atoms with Crippen molar-refractivity contribution in [1.29, 1.82) is 0 Å². The fourth-order valence-corrected chi connectivity index (χ4v) is 2.92. The van der Waals surface area contributed by atoms with Gasteiger partial charge in [0.2, 0.25) is 10.0 Å². The zero-order valence-electron chi connectivity index (χ0n) is 13.5. The summed E-state index contributed by atoms with van der Waals surface area (Å²) in [7, 11) is -3.80. The smallest absolute Gasteiger partial charge is 0.326 e. The number of rotatable bonds is 7. The van der Waals surface area contributed by atoms with Gasteiger partial charge in [0.25, 0.3) is 0 Å². The number of benzene rings is 2. The van der Waals surface area contributed by atoms with Gasteiger partial charge in [-0.15, -0.1) is 0 Å². The van der Waals surface area contributed by atoms with E-state index in [4.69, 9.17) is 9.47 Å². The van der Waals surface area contributed by atoms with Gasteiger partial charge >= 0.3 is 5.97 Å². The number of para-hydroxylation sites is 1. The summed E-state index contributed by atoms with van der Waals surface area (Å²) in [5.74, 6) is 0.303. The number of carbonyl (C=O) groups excluding carboxylic acids is 1. The Labute approximate surface area is 141 Å². The maximum Gasteiger partial charge on any atom is 0.326 e. The minimum absolute atomic E-state index is 0.0506. The van der Waals surface area contributed by atoms with Crippen LogP contribution in [0.1, 0.15) is 12.5 Å². The fraction of sp³-hybridized carbons (Fsp3) is 0.235. The molecule has 2 aromatic rings. The molecule has 0 saturated carbocycles. The van der Waals surface area contributed by atoms with Crippen molar-refractivity contribution in [3.8, 4) is 11.5 Å². The Balaban J connectivity index is 1.97. The molecule has 0 aromatic heterocycles.